The lowest BCUT2D eigenvalue weighted by atomic mass is 9.90. The molecule has 0 saturated carbocycles. The van der Waals surface area contributed by atoms with E-state index in [0.29, 0.717) is 5.17 Å². The van der Waals surface area contributed by atoms with Crippen LogP contribution >= 0.6 is 28.1 Å². The van der Waals surface area contributed by atoms with E-state index >= 15 is 0 Å². The Morgan fingerprint density at radius 1 is 1.16 bits per heavy atom. The van der Waals surface area contributed by atoms with Gasteiger partial charge >= 0.3 is 0 Å². The van der Waals surface area contributed by atoms with E-state index in [1.807, 2.05) is 24.3 Å². The van der Waals surface area contributed by atoms with E-state index in [-0.39, 0.29) is 6.04 Å². The van der Waals surface area contributed by atoms with Crippen LogP contribution in [0.15, 0.2) is 94.8 Å². The van der Waals surface area contributed by atoms with E-state index in [0.717, 1.165) is 47.3 Å². The molecule has 0 aromatic heterocycles. The molecule has 32 heavy (non-hydrogen) atoms. The molecule has 164 valence electrons. The molecular weight excluding hydrogens is 480 g/mol. The van der Waals surface area contributed by atoms with Gasteiger partial charge in [-0.1, -0.05) is 76.2 Å². The third-order valence-electron chi connectivity index (χ3n) is 5.68. The topological polar surface area (TPSA) is 38.5 Å². The molecule has 0 fully saturated rings. The summed E-state index contributed by atoms with van der Waals surface area (Å²) >= 11 is 9.40. The Morgan fingerprint density at radius 2 is 2.03 bits per heavy atom. The van der Waals surface area contributed by atoms with Crippen molar-refractivity contribution in [1.82, 2.24) is 4.90 Å². The highest BCUT2D eigenvalue weighted by molar-refractivity contribution is 9.11. The van der Waals surface area contributed by atoms with Gasteiger partial charge in [0.15, 0.2) is 0 Å². The Balaban J connectivity index is 1.69. The van der Waals surface area contributed by atoms with Crippen molar-refractivity contribution in [3.63, 3.8) is 0 Å². The number of nitrogens with two attached hydrogens (primary N) is 1. The number of halogens is 1. The van der Waals surface area contributed by atoms with Crippen molar-refractivity contribution in [2.24, 2.45) is 0 Å². The fourth-order valence-corrected chi connectivity index (χ4v) is 4.62. The van der Waals surface area contributed by atoms with Gasteiger partial charge in [0.2, 0.25) is 0 Å². The lowest BCUT2D eigenvalue weighted by Gasteiger charge is -2.36. The minimum Gasteiger partial charge on any atom is -0.432 e. The Kier molecular flexibility index (Phi) is 7.28. The summed E-state index contributed by atoms with van der Waals surface area (Å²) in [5.41, 5.74) is 11.9. The molecule has 3 nitrogen and oxygen atoms in total. The average molecular weight is 507 g/mol. The molecule has 0 radical (unpaired) electrons. The summed E-state index contributed by atoms with van der Waals surface area (Å²) in [5, 5.41) is 0.482. The van der Waals surface area contributed by atoms with Crippen LogP contribution in [0.3, 0.4) is 0 Å². The molecule has 0 spiro atoms. The summed E-state index contributed by atoms with van der Waals surface area (Å²) in [6.07, 6.45) is 23.6. The van der Waals surface area contributed by atoms with E-state index < -0.39 is 0 Å². The van der Waals surface area contributed by atoms with Crippen LogP contribution in [-0.4, -0.2) is 22.7 Å². The van der Waals surface area contributed by atoms with Crippen molar-refractivity contribution < 1.29 is 4.74 Å². The van der Waals surface area contributed by atoms with E-state index in [4.69, 9.17) is 22.7 Å². The van der Waals surface area contributed by atoms with Crippen molar-refractivity contribution in [2.45, 2.75) is 32.2 Å². The van der Waals surface area contributed by atoms with Gasteiger partial charge in [0, 0.05) is 17.8 Å². The SMILES string of the molecule is Cc1ccc(N)c(C2=CC(C3=CC=C(Br)CC=C3)N(C(=S)OC3=CC=CCC=C3)CC2)c1. The van der Waals surface area contributed by atoms with Gasteiger partial charge in [-0.05, 0) is 78.3 Å². The van der Waals surface area contributed by atoms with Gasteiger partial charge in [0.05, 0.1) is 6.04 Å². The number of nitrogen functional groups attached to an aromatic ring is 1. The van der Waals surface area contributed by atoms with E-state index in [1.165, 1.54) is 16.7 Å². The van der Waals surface area contributed by atoms with Crippen LogP contribution in [0.25, 0.3) is 5.57 Å². The molecule has 1 aromatic rings. The van der Waals surface area contributed by atoms with E-state index in [1.54, 1.807) is 0 Å². The number of nitrogens with zero attached hydrogens (tertiary/aromatic N) is 1. The molecule has 4 rings (SSSR count). The largest absolute Gasteiger partial charge is 0.432 e. The highest BCUT2D eigenvalue weighted by Gasteiger charge is 2.29. The van der Waals surface area contributed by atoms with E-state index in [2.05, 4.69) is 82.4 Å². The van der Waals surface area contributed by atoms with Crippen LogP contribution in [0.5, 0.6) is 0 Å². The van der Waals surface area contributed by atoms with Gasteiger partial charge in [0.25, 0.3) is 5.17 Å². The Hall–Kier alpha value is -2.63. The molecule has 1 aromatic carbocycles. The zero-order valence-electron chi connectivity index (χ0n) is 18.1. The number of rotatable bonds is 3. The first-order valence-electron chi connectivity index (χ1n) is 10.8. The highest BCUT2D eigenvalue weighted by atomic mass is 79.9. The summed E-state index contributed by atoms with van der Waals surface area (Å²) in [6, 6.07) is 6.17. The molecule has 1 heterocycles. The number of allylic oxidation sites excluding steroid dienone is 9. The third-order valence-corrected chi connectivity index (χ3v) is 6.59. The zero-order valence-corrected chi connectivity index (χ0v) is 20.5. The minimum absolute atomic E-state index is 0.0389. The maximum absolute atomic E-state index is 6.35. The van der Waals surface area contributed by atoms with Crippen LogP contribution in [-0.2, 0) is 4.74 Å². The smallest absolute Gasteiger partial charge is 0.265 e. The van der Waals surface area contributed by atoms with Gasteiger partial charge in [-0.3, -0.25) is 0 Å². The summed E-state index contributed by atoms with van der Waals surface area (Å²) in [4.78, 5) is 2.16. The van der Waals surface area contributed by atoms with Crippen molar-refractivity contribution in [1.29, 1.82) is 0 Å². The predicted octanol–water partition coefficient (Wildman–Crippen LogP) is 6.90. The number of aryl methyl sites for hydroxylation is 1. The second kappa shape index (κ2) is 10.3. The normalized spacial score (nSPS) is 20.6. The summed E-state index contributed by atoms with van der Waals surface area (Å²) in [6.45, 7) is 2.85. The van der Waals surface area contributed by atoms with Gasteiger partial charge in [-0.25, -0.2) is 0 Å². The van der Waals surface area contributed by atoms with Crippen molar-refractivity contribution in [2.75, 3.05) is 12.3 Å². The second-order valence-electron chi connectivity index (χ2n) is 8.06. The van der Waals surface area contributed by atoms with Gasteiger partial charge in [0.1, 0.15) is 5.76 Å². The summed E-state index contributed by atoms with van der Waals surface area (Å²) < 4.78 is 7.27. The molecule has 2 aliphatic carbocycles. The molecule has 3 aliphatic rings. The Labute approximate surface area is 204 Å². The first kappa shape index (κ1) is 22.6. The fourth-order valence-electron chi connectivity index (χ4n) is 4.00. The van der Waals surface area contributed by atoms with Gasteiger partial charge in [-0.2, -0.15) is 0 Å². The molecule has 1 unspecified atom stereocenters. The lowest BCUT2D eigenvalue weighted by molar-refractivity contribution is 0.294. The monoisotopic (exact) mass is 506 g/mol. The second-order valence-corrected chi connectivity index (χ2v) is 9.43. The molecule has 0 amide bonds. The average Bonchev–Trinajstić information content (AvgIpc) is 3.17. The molecule has 1 atom stereocenters. The Bertz CT molecular complexity index is 1120. The zero-order chi connectivity index (χ0) is 22.5. The molecule has 0 saturated heterocycles. The predicted molar refractivity (Wildman–Crippen MR) is 142 cm³/mol. The van der Waals surface area contributed by atoms with Crippen molar-refractivity contribution in [3.05, 3.63) is 106 Å². The van der Waals surface area contributed by atoms with Gasteiger partial charge < -0.3 is 15.4 Å². The minimum atomic E-state index is -0.0389. The molecule has 0 bridgehead atoms. The molecule has 2 N–H and O–H groups in total. The number of anilines is 1. The van der Waals surface area contributed by atoms with Crippen molar-refractivity contribution >= 4 is 44.6 Å². The molecule has 1 aliphatic heterocycles. The maximum Gasteiger partial charge on any atom is 0.265 e. The van der Waals surface area contributed by atoms with Crippen LogP contribution in [0.1, 0.15) is 30.4 Å². The van der Waals surface area contributed by atoms with Gasteiger partial charge in [-0.15, -0.1) is 0 Å². The number of hydrogen-bond donors (Lipinski definition) is 1. The van der Waals surface area contributed by atoms with Crippen LogP contribution in [0.4, 0.5) is 5.69 Å². The first-order valence-corrected chi connectivity index (χ1v) is 12.0. The van der Waals surface area contributed by atoms with Crippen LogP contribution in [0.2, 0.25) is 0 Å². The standard InChI is InChI=1S/C27H27BrN2OS/c1-19-11-14-25(29)24(17-19)21-15-16-30(27(32)31-23-9-4-2-3-5-10-23)26(18-21)20-7-6-8-22(28)13-12-20/h2,4-7,9-14,17-18,26H,3,8,15-16,29H2,1H3. The number of benzene rings is 1. The van der Waals surface area contributed by atoms with E-state index in [9.17, 15) is 0 Å². The first-order chi connectivity index (χ1) is 15.5. The number of hydrogen-bond acceptors (Lipinski definition) is 3. The number of ether oxygens (including phenoxy) is 1. The summed E-state index contributed by atoms with van der Waals surface area (Å²) in [5.74, 6) is 0.758. The molecule has 5 heteroatoms. The van der Waals surface area contributed by atoms with Crippen LogP contribution < -0.4 is 5.73 Å². The molecular formula is C27H27BrN2OS. The summed E-state index contributed by atoms with van der Waals surface area (Å²) in [7, 11) is 0. The lowest BCUT2D eigenvalue weighted by Crippen LogP contribution is -2.43. The number of thiocarbonyl (C=S) groups is 1. The fraction of sp³-hybridized carbons (Fsp3) is 0.222. The Morgan fingerprint density at radius 3 is 2.91 bits per heavy atom. The highest BCUT2D eigenvalue weighted by Crippen LogP contribution is 2.34. The van der Waals surface area contributed by atoms with Crippen LogP contribution in [0, 0.1) is 6.92 Å². The quantitative estimate of drug-likeness (QED) is 0.357. The van der Waals surface area contributed by atoms with Crippen molar-refractivity contribution in [3.8, 4) is 0 Å². The maximum atomic E-state index is 6.35. The third kappa shape index (κ3) is 5.40.